The Labute approximate surface area is 205 Å². The van der Waals surface area contributed by atoms with Crippen LogP contribution in [0.15, 0.2) is 42.5 Å². The van der Waals surface area contributed by atoms with Gasteiger partial charge in [0.25, 0.3) is 0 Å². The van der Waals surface area contributed by atoms with Crippen LogP contribution in [0.3, 0.4) is 0 Å². The van der Waals surface area contributed by atoms with E-state index in [1.54, 1.807) is 39.8 Å². The zero-order valence-corrected chi connectivity index (χ0v) is 21.3. The standard InChI is InChI=1S/C27H33N3O5/c1-25(2,3)34-23(32)27(7,16-28)19-11-8-17(9-12-19)18-10-13-22-20(14-18)21(15-31)29-30(22)24(33)35-26(4,5)6/h8-15H,16,28H2,1-7H3. The molecule has 0 bridgehead atoms. The first-order valence-corrected chi connectivity index (χ1v) is 11.4. The van der Waals surface area contributed by atoms with Crippen LogP contribution in [-0.2, 0) is 19.7 Å². The van der Waals surface area contributed by atoms with Gasteiger partial charge < -0.3 is 15.2 Å². The lowest BCUT2D eigenvalue weighted by Gasteiger charge is -2.31. The highest BCUT2D eigenvalue weighted by Crippen LogP contribution is 2.31. The first-order chi connectivity index (χ1) is 16.2. The molecule has 0 aliphatic heterocycles. The van der Waals surface area contributed by atoms with Crippen molar-refractivity contribution in [1.82, 2.24) is 9.78 Å². The fourth-order valence-corrected chi connectivity index (χ4v) is 3.59. The van der Waals surface area contributed by atoms with Crippen molar-refractivity contribution in [3.05, 3.63) is 53.7 Å². The highest BCUT2D eigenvalue weighted by Gasteiger charge is 2.37. The molecule has 1 atom stereocenters. The van der Waals surface area contributed by atoms with E-state index in [9.17, 15) is 14.4 Å². The molecular formula is C27H33N3O5. The molecule has 2 aromatic carbocycles. The van der Waals surface area contributed by atoms with Gasteiger partial charge >= 0.3 is 12.1 Å². The number of aromatic nitrogens is 2. The van der Waals surface area contributed by atoms with Crippen molar-refractivity contribution in [2.24, 2.45) is 5.73 Å². The molecule has 0 spiro atoms. The van der Waals surface area contributed by atoms with Gasteiger partial charge in [-0.25, -0.2) is 4.79 Å². The summed E-state index contributed by atoms with van der Waals surface area (Å²) >= 11 is 0. The van der Waals surface area contributed by atoms with Gasteiger partial charge in [-0.15, -0.1) is 0 Å². The van der Waals surface area contributed by atoms with Gasteiger partial charge in [0.2, 0.25) is 0 Å². The number of rotatable bonds is 5. The monoisotopic (exact) mass is 479 g/mol. The van der Waals surface area contributed by atoms with Crippen LogP contribution in [0.5, 0.6) is 0 Å². The van der Waals surface area contributed by atoms with Gasteiger partial charge in [0, 0.05) is 11.9 Å². The predicted molar refractivity (Wildman–Crippen MR) is 134 cm³/mol. The molecular weight excluding hydrogens is 446 g/mol. The lowest BCUT2D eigenvalue weighted by molar-refractivity contribution is -0.161. The summed E-state index contributed by atoms with van der Waals surface area (Å²) in [7, 11) is 0. The molecule has 1 heterocycles. The van der Waals surface area contributed by atoms with Crippen molar-refractivity contribution >= 4 is 29.3 Å². The summed E-state index contributed by atoms with van der Waals surface area (Å²) in [6.07, 6.45) is -0.0419. The SMILES string of the molecule is CC(C)(C)OC(=O)n1nc(C=O)c2cc(-c3ccc(C(C)(CN)C(=O)OC(C)(C)C)cc3)ccc21. The minimum absolute atomic E-state index is 0.0970. The maximum absolute atomic E-state index is 12.8. The topological polar surface area (TPSA) is 114 Å². The highest BCUT2D eigenvalue weighted by molar-refractivity contribution is 6.00. The summed E-state index contributed by atoms with van der Waals surface area (Å²) in [6.45, 7) is 12.6. The molecule has 0 aliphatic carbocycles. The second-order valence-electron chi connectivity index (χ2n) is 10.7. The molecule has 8 nitrogen and oxygen atoms in total. The number of ether oxygens (including phenoxy) is 2. The van der Waals surface area contributed by atoms with Crippen LogP contribution in [0.4, 0.5) is 4.79 Å². The smallest absolute Gasteiger partial charge is 0.435 e. The van der Waals surface area contributed by atoms with Gasteiger partial charge in [0.15, 0.2) is 6.29 Å². The summed E-state index contributed by atoms with van der Waals surface area (Å²) in [5.74, 6) is -0.383. The molecule has 0 amide bonds. The van der Waals surface area contributed by atoms with E-state index in [0.29, 0.717) is 17.2 Å². The predicted octanol–water partition coefficient (Wildman–Crippen LogP) is 4.86. The van der Waals surface area contributed by atoms with E-state index in [1.165, 1.54) is 0 Å². The Morgan fingerprint density at radius 3 is 2.00 bits per heavy atom. The maximum Gasteiger partial charge on any atom is 0.435 e. The molecule has 0 saturated heterocycles. The average Bonchev–Trinajstić information content (AvgIpc) is 3.14. The van der Waals surface area contributed by atoms with Crippen molar-refractivity contribution in [1.29, 1.82) is 0 Å². The third-order valence-corrected chi connectivity index (χ3v) is 5.50. The van der Waals surface area contributed by atoms with E-state index < -0.39 is 22.7 Å². The number of nitrogens with two attached hydrogens (primary N) is 1. The second kappa shape index (κ2) is 9.26. The number of carbonyl (C=O) groups is 3. The number of aldehydes is 1. The molecule has 1 aromatic heterocycles. The number of esters is 1. The molecule has 0 fully saturated rings. The molecule has 2 N–H and O–H groups in total. The average molecular weight is 480 g/mol. The third kappa shape index (κ3) is 5.59. The number of benzene rings is 2. The van der Waals surface area contributed by atoms with Crippen LogP contribution in [-0.4, -0.2) is 45.9 Å². The number of fused-ring (bicyclic) bond motifs is 1. The molecule has 0 aliphatic rings. The fraction of sp³-hybridized carbons (Fsp3) is 0.407. The third-order valence-electron chi connectivity index (χ3n) is 5.50. The van der Waals surface area contributed by atoms with Crippen molar-refractivity contribution in [3.63, 3.8) is 0 Å². The largest absolute Gasteiger partial charge is 0.459 e. The van der Waals surface area contributed by atoms with Gasteiger partial charge in [0.05, 0.1) is 5.52 Å². The van der Waals surface area contributed by atoms with Crippen molar-refractivity contribution < 1.29 is 23.9 Å². The summed E-state index contributed by atoms with van der Waals surface area (Å²) < 4.78 is 12.1. The van der Waals surface area contributed by atoms with E-state index in [4.69, 9.17) is 15.2 Å². The van der Waals surface area contributed by atoms with E-state index in [0.717, 1.165) is 21.4 Å². The van der Waals surface area contributed by atoms with Gasteiger partial charge in [-0.3, -0.25) is 9.59 Å². The number of hydrogen-bond donors (Lipinski definition) is 1. The lowest BCUT2D eigenvalue weighted by atomic mass is 9.81. The van der Waals surface area contributed by atoms with Gasteiger partial charge in [-0.05, 0) is 77.3 Å². The van der Waals surface area contributed by atoms with Gasteiger partial charge in [-0.1, -0.05) is 30.3 Å². The number of hydrogen-bond acceptors (Lipinski definition) is 7. The Bertz CT molecular complexity index is 1260. The van der Waals surface area contributed by atoms with Crippen molar-refractivity contribution in [3.8, 4) is 11.1 Å². The van der Waals surface area contributed by atoms with Crippen LogP contribution in [0.2, 0.25) is 0 Å². The lowest BCUT2D eigenvalue weighted by Crippen LogP contribution is -2.44. The first kappa shape index (κ1) is 26.1. The Morgan fingerprint density at radius 1 is 0.914 bits per heavy atom. The fourth-order valence-electron chi connectivity index (χ4n) is 3.59. The normalized spacial score (nSPS) is 13.8. The molecule has 3 rings (SSSR count). The molecule has 186 valence electrons. The Kier molecular flexibility index (Phi) is 6.90. The summed E-state index contributed by atoms with van der Waals surface area (Å²) in [5.41, 5.74) is 6.72. The number of carbonyl (C=O) groups excluding carboxylic acids is 3. The Hall–Kier alpha value is -3.52. The Morgan fingerprint density at radius 2 is 1.49 bits per heavy atom. The molecule has 0 radical (unpaired) electrons. The maximum atomic E-state index is 12.8. The van der Waals surface area contributed by atoms with Crippen LogP contribution >= 0.6 is 0 Å². The summed E-state index contributed by atoms with van der Waals surface area (Å²) in [5, 5.41) is 4.68. The minimum Gasteiger partial charge on any atom is -0.459 e. The van der Waals surface area contributed by atoms with Gasteiger partial charge in [-0.2, -0.15) is 9.78 Å². The van der Waals surface area contributed by atoms with Crippen LogP contribution in [0, 0.1) is 0 Å². The molecule has 8 heteroatoms. The second-order valence-corrected chi connectivity index (χ2v) is 10.7. The van der Waals surface area contributed by atoms with Crippen LogP contribution < -0.4 is 5.73 Å². The van der Waals surface area contributed by atoms with Crippen LogP contribution in [0.1, 0.15) is 64.5 Å². The first-order valence-electron chi connectivity index (χ1n) is 11.4. The van der Waals surface area contributed by atoms with Crippen LogP contribution in [0.25, 0.3) is 22.0 Å². The quantitative estimate of drug-likeness (QED) is 0.411. The molecule has 35 heavy (non-hydrogen) atoms. The molecule has 1 unspecified atom stereocenters. The van der Waals surface area contributed by atoms with E-state index >= 15 is 0 Å². The molecule has 3 aromatic rings. The minimum atomic E-state index is -0.991. The van der Waals surface area contributed by atoms with Gasteiger partial charge in [0.1, 0.15) is 22.3 Å². The molecule has 0 saturated carbocycles. The van der Waals surface area contributed by atoms with Crippen molar-refractivity contribution in [2.75, 3.05) is 6.54 Å². The zero-order chi connectivity index (χ0) is 26.2. The highest BCUT2D eigenvalue weighted by atomic mass is 16.6. The number of nitrogens with zero attached hydrogens (tertiary/aromatic N) is 2. The summed E-state index contributed by atoms with van der Waals surface area (Å²) in [4.78, 5) is 37.1. The van der Waals surface area contributed by atoms with E-state index in [-0.39, 0.29) is 18.2 Å². The van der Waals surface area contributed by atoms with E-state index in [2.05, 4.69) is 5.10 Å². The zero-order valence-electron chi connectivity index (χ0n) is 21.3. The Balaban J connectivity index is 1.97. The summed E-state index contributed by atoms with van der Waals surface area (Å²) in [6, 6.07) is 12.8. The van der Waals surface area contributed by atoms with Crippen molar-refractivity contribution in [2.45, 2.75) is 65.1 Å². The van der Waals surface area contributed by atoms with E-state index in [1.807, 2.05) is 51.1 Å².